The van der Waals surface area contributed by atoms with E-state index in [0.29, 0.717) is 12.3 Å². The highest BCUT2D eigenvalue weighted by atomic mass is 32.1. The zero-order chi connectivity index (χ0) is 20.2. The molecule has 1 aromatic carbocycles. The van der Waals surface area contributed by atoms with Gasteiger partial charge in [-0.15, -0.1) is 11.3 Å². The quantitative estimate of drug-likeness (QED) is 0.642. The first kappa shape index (κ1) is 19.3. The number of aromatic amines is 1. The van der Waals surface area contributed by atoms with Gasteiger partial charge >= 0.3 is 5.69 Å². The van der Waals surface area contributed by atoms with Crippen molar-refractivity contribution in [2.75, 3.05) is 6.61 Å². The molecule has 1 amide bonds. The number of ether oxygens (including phenoxy) is 1. The van der Waals surface area contributed by atoms with Gasteiger partial charge in [0.2, 0.25) is 0 Å². The Labute approximate surface area is 170 Å². The van der Waals surface area contributed by atoms with Crippen LogP contribution in [0.25, 0.3) is 10.6 Å². The number of rotatable bonds is 6. The van der Waals surface area contributed by atoms with Gasteiger partial charge in [0.1, 0.15) is 10.6 Å². The predicted molar refractivity (Wildman–Crippen MR) is 109 cm³/mol. The number of hydrogen-bond donors (Lipinski definition) is 2. The van der Waals surface area contributed by atoms with Crippen molar-refractivity contribution in [3.63, 3.8) is 0 Å². The first-order chi connectivity index (χ1) is 14.1. The fourth-order valence-corrected chi connectivity index (χ4v) is 4.03. The number of amides is 1. The highest BCUT2D eigenvalue weighted by Gasteiger charge is 2.20. The molecule has 0 saturated carbocycles. The van der Waals surface area contributed by atoms with Crippen molar-refractivity contribution in [2.45, 2.75) is 32.0 Å². The van der Waals surface area contributed by atoms with E-state index in [1.165, 1.54) is 11.3 Å². The van der Waals surface area contributed by atoms with Crippen LogP contribution in [0.2, 0.25) is 0 Å². The summed E-state index contributed by atoms with van der Waals surface area (Å²) < 4.78 is 6.52. The summed E-state index contributed by atoms with van der Waals surface area (Å²) in [6.45, 7) is 0.949. The Balaban J connectivity index is 1.45. The Hall–Kier alpha value is -3.04. The number of carbonyl (C=O) groups is 1. The van der Waals surface area contributed by atoms with Crippen molar-refractivity contribution in [3.05, 3.63) is 74.0 Å². The van der Waals surface area contributed by atoms with Crippen LogP contribution in [0, 0.1) is 0 Å². The summed E-state index contributed by atoms with van der Waals surface area (Å²) in [7, 11) is 0. The Morgan fingerprint density at radius 3 is 2.90 bits per heavy atom. The van der Waals surface area contributed by atoms with E-state index >= 15 is 0 Å². The molecule has 3 aromatic rings. The molecule has 150 valence electrons. The van der Waals surface area contributed by atoms with E-state index in [9.17, 15) is 14.4 Å². The minimum Gasteiger partial charge on any atom is -0.376 e. The van der Waals surface area contributed by atoms with Gasteiger partial charge in [-0.3, -0.25) is 14.2 Å². The van der Waals surface area contributed by atoms with E-state index in [0.717, 1.165) is 34.2 Å². The van der Waals surface area contributed by atoms with Crippen molar-refractivity contribution >= 4 is 17.2 Å². The number of nitrogens with zero attached hydrogens (tertiary/aromatic N) is 2. The number of carbonyl (C=O) groups excluding carboxylic acids is 1. The molecule has 0 aliphatic carbocycles. The van der Waals surface area contributed by atoms with Crippen molar-refractivity contribution in [1.82, 2.24) is 19.9 Å². The molecule has 2 N–H and O–H groups in total. The van der Waals surface area contributed by atoms with Crippen molar-refractivity contribution in [3.8, 4) is 10.6 Å². The summed E-state index contributed by atoms with van der Waals surface area (Å²) in [5.74, 6) is -0.554. The lowest BCUT2D eigenvalue weighted by molar-refractivity contribution is 0.0921. The molecule has 4 rings (SSSR count). The van der Waals surface area contributed by atoms with Gasteiger partial charge in [-0.2, -0.15) is 0 Å². The molecule has 0 spiro atoms. The Morgan fingerprint density at radius 1 is 1.31 bits per heavy atom. The SMILES string of the molecule is O=C(NCc1csc(-c2ccccc2)n1)c1c[nH]c(=O)n(CC2CCCO2)c1=O. The van der Waals surface area contributed by atoms with Crippen LogP contribution in [-0.4, -0.2) is 33.2 Å². The second-order valence-electron chi connectivity index (χ2n) is 6.75. The number of nitrogens with one attached hydrogen (secondary N) is 2. The summed E-state index contributed by atoms with van der Waals surface area (Å²) in [6, 6.07) is 9.76. The molecule has 3 heterocycles. The van der Waals surface area contributed by atoms with E-state index in [2.05, 4.69) is 15.3 Å². The Morgan fingerprint density at radius 2 is 2.14 bits per heavy atom. The molecular formula is C20H20N4O4S. The van der Waals surface area contributed by atoms with Crippen LogP contribution in [-0.2, 0) is 17.8 Å². The monoisotopic (exact) mass is 412 g/mol. The standard InChI is InChI=1S/C20H20N4O4S/c25-17(21-9-14-12-29-18(23-14)13-5-2-1-3-6-13)16-10-22-20(27)24(19(16)26)11-15-7-4-8-28-15/h1-3,5-6,10,12,15H,4,7-9,11H2,(H,21,25)(H,22,27). The Kier molecular flexibility index (Phi) is 5.68. The highest BCUT2D eigenvalue weighted by Crippen LogP contribution is 2.23. The predicted octanol–water partition coefficient (Wildman–Crippen LogP) is 1.77. The summed E-state index contributed by atoms with van der Waals surface area (Å²) >= 11 is 1.49. The number of H-pyrrole nitrogens is 1. The van der Waals surface area contributed by atoms with Gasteiger partial charge in [0, 0.05) is 23.7 Å². The van der Waals surface area contributed by atoms with Crippen LogP contribution in [0.4, 0.5) is 0 Å². The van der Waals surface area contributed by atoms with Crippen molar-refractivity contribution < 1.29 is 9.53 Å². The van der Waals surface area contributed by atoms with E-state index < -0.39 is 17.2 Å². The lowest BCUT2D eigenvalue weighted by Crippen LogP contribution is -2.42. The van der Waals surface area contributed by atoms with E-state index in [-0.39, 0.29) is 24.8 Å². The fraction of sp³-hybridized carbons (Fsp3) is 0.300. The molecule has 1 unspecified atom stereocenters. The number of hydrogen-bond acceptors (Lipinski definition) is 6. The maximum Gasteiger partial charge on any atom is 0.328 e. The molecule has 2 aromatic heterocycles. The maximum absolute atomic E-state index is 12.6. The van der Waals surface area contributed by atoms with Crippen molar-refractivity contribution in [1.29, 1.82) is 0 Å². The van der Waals surface area contributed by atoms with E-state index in [1.54, 1.807) is 0 Å². The van der Waals surface area contributed by atoms with Gasteiger partial charge in [0.25, 0.3) is 11.5 Å². The van der Waals surface area contributed by atoms with Crippen LogP contribution < -0.4 is 16.6 Å². The third-order valence-electron chi connectivity index (χ3n) is 4.72. The third-order valence-corrected chi connectivity index (χ3v) is 5.66. The first-order valence-electron chi connectivity index (χ1n) is 9.34. The molecule has 1 fully saturated rings. The normalized spacial score (nSPS) is 16.1. The minimum absolute atomic E-state index is 0.110. The number of benzene rings is 1. The van der Waals surface area contributed by atoms with E-state index in [4.69, 9.17) is 4.74 Å². The maximum atomic E-state index is 12.6. The van der Waals surface area contributed by atoms with Crippen LogP contribution in [0.5, 0.6) is 0 Å². The van der Waals surface area contributed by atoms with Crippen molar-refractivity contribution in [2.24, 2.45) is 0 Å². The van der Waals surface area contributed by atoms with Gasteiger partial charge in [-0.05, 0) is 12.8 Å². The smallest absolute Gasteiger partial charge is 0.328 e. The average Bonchev–Trinajstić information content (AvgIpc) is 3.42. The lowest BCUT2D eigenvalue weighted by Gasteiger charge is -2.11. The molecule has 1 aliphatic heterocycles. The van der Waals surface area contributed by atoms with Crippen LogP contribution >= 0.6 is 11.3 Å². The Bertz CT molecular complexity index is 1110. The zero-order valence-corrected chi connectivity index (χ0v) is 16.4. The molecule has 1 saturated heterocycles. The van der Waals surface area contributed by atoms with Gasteiger partial charge in [0.05, 0.1) is 24.9 Å². The summed E-state index contributed by atoms with van der Waals surface area (Å²) in [6.07, 6.45) is 2.66. The molecular weight excluding hydrogens is 392 g/mol. The zero-order valence-electron chi connectivity index (χ0n) is 15.6. The van der Waals surface area contributed by atoms with Gasteiger partial charge in [-0.1, -0.05) is 30.3 Å². The molecule has 0 bridgehead atoms. The molecule has 8 nitrogen and oxygen atoms in total. The lowest BCUT2D eigenvalue weighted by atomic mass is 10.2. The summed E-state index contributed by atoms with van der Waals surface area (Å²) in [4.78, 5) is 44.2. The first-order valence-corrected chi connectivity index (χ1v) is 10.2. The molecule has 29 heavy (non-hydrogen) atoms. The molecule has 1 atom stereocenters. The third kappa shape index (κ3) is 4.36. The summed E-state index contributed by atoms with van der Waals surface area (Å²) in [5, 5.41) is 5.43. The van der Waals surface area contributed by atoms with Gasteiger partial charge in [0.15, 0.2) is 0 Å². The second kappa shape index (κ2) is 8.54. The fourth-order valence-electron chi connectivity index (χ4n) is 3.20. The van der Waals surface area contributed by atoms with Gasteiger partial charge < -0.3 is 15.0 Å². The topological polar surface area (TPSA) is 106 Å². The molecule has 0 radical (unpaired) electrons. The van der Waals surface area contributed by atoms with Crippen LogP contribution in [0.3, 0.4) is 0 Å². The molecule has 9 heteroatoms. The van der Waals surface area contributed by atoms with Crippen LogP contribution in [0.1, 0.15) is 28.9 Å². The second-order valence-corrected chi connectivity index (χ2v) is 7.61. The minimum atomic E-state index is -0.620. The number of thiazole rings is 1. The van der Waals surface area contributed by atoms with E-state index in [1.807, 2.05) is 35.7 Å². The average molecular weight is 412 g/mol. The largest absolute Gasteiger partial charge is 0.376 e. The van der Waals surface area contributed by atoms with Crippen LogP contribution in [0.15, 0.2) is 51.5 Å². The highest BCUT2D eigenvalue weighted by molar-refractivity contribution is 7.13. The summed E-state index contributed by atoms with van der Waals surface area (Å²) in [5.41, 5.74) is 0.430. The van der Waals surface area contributed by atoms with Gasteiger partial charge in [-0.25, -0.2) is 9.78 Å². The number of aromatic nitrogens is 3. The molecule has 1 aliphatic rings.